The number of hydrogen-bond acceptors (Lipinski definition) is 8. The first-order valence-corrected chi connectivity index (χ1v) is 9.24. The minimum Gasteiger partial charge on any atom is -0.383 e. The van der Waals surface area contributed by atoms with Crippen LogP contribution >= 0.6 is 0 Å². The van der Waals surface area contributed by atoms with Crippen LogP contribution < -0.4 is 10.6 Å². The maximum absolute atomic E-state index is 12.6. The molecule has 0 spiro atoms. The van der Waals surface area contributed by atoms with Gasteiger partial charge in [-0.25, -0.2) is 8.42 Å². The van der Waals surface area contributed by atoms with Gasteiger partial charge in [-0.1, -0.05) is 0 Å². The summed E-state index contributed by atoms with van der Waals surface area (Å²) in [5.74, 6) is 0. The second kappa shape index (κ2) is 8.30. The third kappa shape index (κ3) is 5.10. The van der Waals surface area contributed by atoms with Gasteiger partial charge in [-0.3, -0.25) is 20.2 Å². The fourth-order valence-corrected chi connectivity index (χ4v) is 3.00. The highest BCUT2D eigenvalue weighted by Gasteiger charge is 2.47. The lowest BCUT2D eigenvalue weighted by Gasteiger charge is -2.11. The predicted molar refractivity (Wildman–Crippen MR) is 96.4 cm³/mol. The first kappa shape index (κ1) is 21.9. The molecule has 14 heteroatoms. The van der Waals surface area contributed by atoms with Gasteiger partial charge in [0.25, 0.3) is 21.2 Å². The van der Waals surface area contributed by atoms with E-state index >= 15 is 0 Å². The highest BCUT2D eigenvalue weighted by Crippen LogP contribution is 2.34. The van der Waals surface area contributed by atoms with Gasteiger partial charge in [0.2, 0.25) is 0 Å². The summed E-state index contributed by atoms with van der Waals surface area (Å²) >= 11 is 0. The van der Waals surface area contributed by atoms with Crippen LogP contribution in [0.1, 0.15) is 0 Å². The second-order valence-electron chi connectivity index (χ2n) is 5.54. The number of nitrogens with zero attached hydrogens (tertiary/aromatic N) is 2. The van der Waals surface area contributed by atoms with Gasteiger partial charge < -0.3 is 10.6 Å². The topological polar surface area (TPSA) is 144 Å². The highest BCUT2D eigenvalue weighted by molar-refractivity contribution is 7.92. The van der Waals surface area contributed by atoms with E-state index in [1.807, 2.05) is 0 Å². The summed E-state index contributed by atoms with van der Waals surface area (Å²) in [5, 5.41) is 27.2. The van der Waals surface area contributed by atoms with Crippen molar-refractivity contribution in [2.45, 2.75) is 10.4 Å². The molecule has 0 amide bonds. The van der Waals surface area contributed by atoms with E-state index in [0.29, 0.717) is 17.8 Å². The molecule has 2 rings (SSSR count). The zero-order valence-electron chi connectivity index (χ0n) is 14.3. The summed E-state index contributed by atoms with van der Waals surface area (Å²) in [7, 11) is -5.71. The highest BCUT2D eigenvalue weighted by atomic mass is 32.2. The lowest BCUT2D eigenvalue weighted by molar-refractivity contribution is -0.384. The van der Waals surface area contributed by atoms with E-state index in [1.165, 1.54) is 24.3 Å². The van der Waals surface area contributed by atoms with Crippen molar-refractivity contribution in [3.05, 3.63) is 62.7 Å². The number of nitrogens with one attached hydrogen (secondary N) is 2. The van der Waals surface area contributed by atoms with Gasteiger partial charge in [0.05, 0.1) is 14.7 Å². The van der Waals surface area contributed by atoms with E-state index in [2.05, 4.69) is 10.6 Å². The van der Waals surface area contributed by atoms with Crippen LogP contribution in [0.3, 0.4) is 0 Å². The number of alkyl halides is 3. The van der Waals surface area contributed by atoms with E-state index in [-0.39, 0.29) is 24.5 Å². The van der Waals surface area contributed by atoms with E-state index < -0.39 is 35.8 Å². The third-order valence-corrected chi connectivity index (χ3v) is 5.11. The Morgan fingerprint density at radius 2 is 1.48 bits per heavy atom. The van der Waals surface area contributed by atoms with E-state index in [4.69, 9.17) is 0 Å². The molecule has 0 aliphatic carbocycles. The summed E-state index contributed by atoms with van der Waals surface area (Å²) < 4.78 is 60.6. The second-order valence-corrected chi connectivity index (χ2v) is 7.48. The van der Waals surface area contributed by atoms with Crippen molar-refractivity contribution in [3.8, 4) is 0 Å². The van der Waals surface area contributed by atoms with Crippen LogP contribution in [0.5, 0.6) is 0 Å². The van der Waals surface area contributed by atoms with E-state index in [1.54, 1.807) is 0 Å². The van der Waals surface area contributed by atoms with Crippen molar-refractivity contribution >= 4 is 32.6 Å². The molecule has 0 radical (unpaired) electrons. The van der Waals surface area contributed by atoms with Gasteiger partial charge in [0, 0.05) is 37.0 Å². The summed E-state index contributed by atoms with van der Waals surface area (Å²) in [4.78, 5) is 18.9. The lowest BCUT2D eigenvalue weighted by Crippen LogP contribution is -2.23. The van der Waals surface area contributed by atoms with Crippen molar-refractivity contribution in [1.29, 1.82) is 0 Å². The molecule has 0 aliphatic heterocycles. The Bertz CT molecular complexity index is 1030. The molecule has 0 atom stereocenters. The van der Waals surface area contributed by atoms with Gasteiger partial charge >= 0.3 is 5.51 Å². The Balaban J connectivity index is 2.07. The number of halogens is 3. The molecule has 0 fully saturated rings. The zero-order chi connectivity index (χ0) is 21.8. The van der Waals surface area contributed by atoms with Crippen LogP contribution in [-0.4, -0.2) is 36.9 Å². The summed E-state index contributed by atoms with van der Waals surface area (Å²) in [5.41, 5.74) is -6.13. The first-order chi connectivity index (χ1) is 13.4. The fourth-order valence-electron chi connectivity index (χ4n) is 2.22. The summed E-state index contributed by atoms with van der Waals surface area (Å²) in [6.07, 6.45) is 0. The molecular formula is C15H13F3N4O6S. The number of nitro benzene ring substituents is 2. The van der Waals surface area contributed by atoms with Crippen molar-refractivity contribution in [3.63, 3.8) is 0 Å². The smallest absolute Gasteiger partial charge is 0.383 e. The molecule has 2 N–H and O–H groups in total. The number of nitro groups is 2. The van der Waals surface area contributed by atoms with E-state index in [9.17, 15) is 41.8 Å². The Kier molecular flexibility index (Phi) is 6.26. The van der Waals surface area contributed by atoms with Crippen LogP contribution in [0.2, 0.25) is 0 Å². The molecule has 0 unspecified atom stereocenters. The van der Waals surface area contributed by atoms with Crippen LogP contribution in [-0.2, 0) is 9.84 Å². The number of benzene rings is 2. The molecule has 2 aromatic rings. The number of sulfone groups is 1. The number of hydrogen-bond donors (Lipinski definition) is 2. The average Bonchev–Trinajstić information content (AvgIpc) is 2.64. The molecule has 0 saturated carbocycles. The average molecular weight is 434 g/mol. The van der Waals surface area contributed by atoms with Crippen LogP contribution in [0.25, 0.3) is 0 Å². The predicted octanol–water partition coefficient (Wildman–Crippen LogP) is 3.32. The monoisotopic (exact) mass is 434 g/mol. The molecule has 10 nitrogen and oxygen atoms in total. The SMILES string of the molecule is O=[N+]([O-])c1ccc(NCCNc2ccc(S(=O)(=O)C(F)(F)F)cc2[N+](=O)[O-])cc1. The molecule has 0 aliphatic rings. The van der Waals surface area contributed by atoms with Crippen LogP contribution in [0.15, 0.2) is 47.4 Å². The summed E-state index contributed by atoms with van der Waals surface area (Å²) in [6.45, 7) is 0.292. The quantitative estimate of drug-likeness (QED) is 0.366. The number of anilines is 2. The molecular weight excluding hydrogens is 421 g/mol. The lowest BCUT2D eigenvalue weighted by atomic mass is 10.2. The van der Waals surface area contributed by atoms with Gasteiger partial charge in [-0.2, -0.15) is 13.2 Å². The van der Waals surface area contributed by atoms with E-state index in [0.717, 1.165) is 6.07 Å². The normalized spacial score (nSPS) is 11.7. The van der Waals surface area contributed by atoms with Crippen molar-refractivity contribution < 1.29 is 31.4 Å². The maximum Gasteiger partial charge on any atom is 0.501 e. The van der Waals surface area contributed by atoms with Crippen LogP contribution in [0.4, 0.5) is 35.9 Å². The van der Waals surface area contributed by atoms with Crippen molar-refractivity contribution in [1.82, 2.24) is 0 Å². The third-order valence-electron chi connectivity index (χ3n) is 3.63. The van der Waals surface area contributed by atoms with Gasteiger partial charge in [-0.15, -0.1) is 0 Å². The Morgan fingerprint density at radius 1 is 0.897 bits per heavy atom. The number of rotatable bonds is 8. The van der Waals surface area contributed by atoms with Crippen LogP contribution in [0, 0.1) is 20.2 Å². The Labute approximate surface area is 161 Å². The molecule has 156 valence electrons. The molecule has 0 aromatic heterocycles. The molecule has 0 saturated heterocycles. The number of non-ortho nitro benzene ring substituents is 1. The fraction of sp³-hybridized carbons (Fsp3) is 0.200. The molecule has 0 heterocycles. The molecule has 0 bridgehead atoms. The maximum atomic E-state index is 12.6. The zero-order valence-corrected chi connectivity index (χ0v) is 15.2. The van der Waals surface area contributed by atoms with Gasteiger partial charge in [-0.05, 0) is 24.3 Å². The minimum absolute atomic E-state index is 0.0865. The summed E-state index contributed by atoms with van der Waals surface area (Å²) in [6, 6.07) is 7.31. The van der Waals surface area contributed by atoms with Crippen molar-refractivity contribution in [2.75, 3.05) is 23.7 Å². The molecule has 29 heavy (non-hydrogen) atoms. The molecule has 2 aromatic carbocycles. The van der Waals surface area contributed by atoms with Crippen molar-refractivity contribution in [2.24, 2.45) is 0 Å². The van der Waals surface area contributed by atoms with Gasteiger partial charge in [0.15, 0.2) is 0 Å². The standard InChI is InChI=1S/C15H13F3N4O6S/c16-15(17,18)29(27,28)12-5-6-13(14(9-12)22(25)26)20-8-7-19-10-1-3-11(4-2-10)21(23)24/h1-6,9,19-20H,7-8H2. The minimum atomic E-state index is -5.71. The van der Waals surface area contributed by atoms with Gasteiger partial charge in [0.1, 0.15) is 5.69 Å². The Hall–Kier alpha value is -3.42. The first-order valence-electron chi connectivity index (χ1n) is 7.75. The Morgan fingerprint density at radius 3 is 2.00 bits per heavy atom. The largest absolute Gasteiger partial charge is 0.501 e.